The van der Waals surface area contributed by atoms with Crippen molar-refractivity contribution in [1.82, 2.24) is 19.7 Å². The molecule has 3 heterocycles. The van der Waals surface area contributed by atoms with Gasteiger partial charge < -0.3 is 9.72 Å². The van der Waals surface area contributed by atoms with Gasteiger partial charge in [-0.25, -0.2) is 4.98 Å². The molecular formula is C15H16N4. The number of fused-ring (bicyclic) bond motifs is 1. The number of rotatable bonds is 5. The zero-order chi connectivity index (χ0) is 12.9. The molecule has 0 amide bonds. The highest BCUT2D eigenvalue weighted by molar-refractivity contribution is 5.39. The lowest BCUT2D eigenvalue weighted by molar-refractivity contribution is 0.671. The molecule has 3 rings (SSSR count). The van der Waals surface area contributed by atoms with E-state index in [1.165, 1.54) is 0 Å². The summed E-state index contributed by atoms with van der Waals surface area (Å²) in [4.78, 5) is 8.84. The fourth-order valence-electron chi connectivity index (χ4n) is 2.05. The van der Waals surface area contributed by atoms with Gasteiger partial charge in [0.1, 0.15) is 5.65 Å². The van der Waals surface area contributed by atoms with Crippen molar-refractivity contribution in [1.29, 1.82) is 0 Å². The van der Waals surface area contributed by atoms with Crippen LogP contribution in [0.1, 0.15) is 11.4 Å². The van der Waals surface area contributed by atoms with Gasteiger partial charge in [0.25, 0.3) is 0 Å². The van der Waals surface area contributed by atoms with E-state index in [9.17, 15) is 0 Å². The van der Waals surface area contributed by atoms with Gasteiger partial charge in [0.05, 0.1) is 5.69 Å². The van der Waals surface area contributed by atoms with Gasteiger partial charge in [-0.1, -0.05) is 12.1 Å². The third-order valence-electron chi connectivity index (χ3n) is 3.00. The third kappa shape index (κ3) is 2.98. The molecule has 0 aromatic carbocycles. The highest BCUT2D eigenvalue weighted by atomic mass is 15.0. The van der Waals surface area contributed by atoms with Crippen molar-refractivity contribution in [3.63, 3.8) is 0 Å². The van der Waals surface area contributed by atoms with E-state index >= 15 is 0 Å². The number of nitrogens with one attached hydrogen (secondary N) is 1. The molecule has 0 aliphatic rings. The summed E-state index contributed by atoms with van der Waals surface area (Å²) in [7, 11) is 0. The van der Waals surface area contributed by atoms with Gasteiger partial charge >= 0.3 is 0 Å². The van der Waals surface area contributed by atoms with E-state index in [2.05, 4.69) is 21.5 Å². The fourth-order valence-corrected chi connectivity index (χ4v) is 2.05. The largest absolute Gasteiger partial charge is 0.311 e. The standard InChI is InChI=1S/C15H16N4/c1-3-8-17-13(5-1)7-9-16-11-14-12-19-10-4-2-6-15(19)18-14/h1-6,8,10,12,16H,7,9,11H2. The summed E-state index contributed by atoms with van der Waals surface area (Å²) < 4.78 is 2.04. The van der Waals surface area contributed by atoms with E-state index in [0.717, 1.165) is 36.5 Å². The highest BCUT2D eigenvalue weighted by Crippen LogP contribution is 2.04. The quantitative estimate of drug-likeness (QED) is 0.707. The Hall–Kier alpha value is -2.20. The van der Waals surface area contributed by atoms with E-state index < -0.39 is 0 Å². The number of aromatic nitrogens is 3. The summed E-state index contributed by atoms with van der Waals surface area (Å²) in [5.41, 5.74) is 3.17. The van der Waals surface area contributed by atoms with Crippen LogP contribution >= 0.6 is 0 Å². The maximum absolute atomic E-state index is 4.54. The molecule has 0 saturated heterocycles. The van der Waals surface area contributed by atoms with Crippen molar-refractivity contribution in [3.8, 4) is 0 Å². The second kappa shape index (κ2) is 5.63. The van der Waals surface area contributed by atoms with Crippen LogP contribution in [-0.2, 0) is 13.0 Å². The van der Waals surface area contributed by atoms with Crippen molar-refractivity contribution in [2.45, 2.75) is 13.0 Å². The Morgan fingerprint density at radius 1 is 1.05 bits per heavy atom. The van der Waals surface area contributed by atoms with Crippen LogP contribution in [-0.4, -0.2) is 20.9 Å². The van der Waals surface area contributed by atoms with Gasteiger partial charge in [0.2, 0.25) is 0 Å². The summed E-state index contributed by atoms with van der Waals surface area (Å²) in [6, 6.07) is 12.0. The van der Waals surface area contributed by atoms with Crippen LogP contribution in [0.5, 0.6) is 0 Å². The average molecular weight is 252 g/mol. The van der Waals surface area contributed by atoms with Crippen LogP contribution < -0.4 is 5.32 Å². The maximum Gasteiger partial charge on any atom is 0.137 e. The number of pyridine rings is 2. The van der Waals surface area contributed by atoms with Crippen LogP contribution in [0.3, 0.4) is 0 Å². The highest BCUT2D eigenvalue weighted by Gasteiger charge is 2.00. The van der Waals surface area contributed by atoms with Crippen molar-refractivity contribution in [2.75, 3.05) is 6.54 Å². The van der Waals surface area contributed by atoms with E-state index in [1.54, 1.807) is 0 Å². The van der Waals surface area contributed by atoms with Crippen molar-refractivity contribution < 1.29 is 0 Å². The lowest BCUT2D eigenvalue weighted by Crippen LogP contribution is -2.17. The fraction of sp³-hybridized carbons (Fsp3) is 0.200. The minimum Gasteiger partial charge on any atom is -0.311 e. The summed E-state index contributed by atoms with van der Waals surface area (Å²) in [5.74, 6) is 0. The Kier molecular flexibility index (Phi) is 3.51. The molecular weight excluding hydrogens is 236 g/mol. The van der Waals surface area contributed by atoms with Crippen LogP contribution in [0.4, 0.5) is 0 Å². The van der Waals surface area contributed by atoms with E-state index in [0.29, 0.717) is 0 Å². The Morgan fingerprint density at radius 2 is 2.00 bits per heavy atom. The Morgan fingerprint density at radius 3 is 2.84 bits per heavy atom. The lowest BCUT2D eigenvalue weighted by atomic mass is 10.3. The van der Waals surface area contributed by atoms with Crippen LogP contribution in [0, 0.1) is 0 Å². The Bertz CT molecular complexity index is 612. The van der Waals surface area contributed by atoms with Gasteiger partial charge in [-0.3, -0.25) is 4.98 Å². The molecule has 0 unspecified atom stereocenters. The summed E-state index contributed by atoms with van der Waals surface area (Å²) >= 11 is 0. The molecule has 3 aromatic rings. The smallest absolute Gasteiger partial charge is 0.137 e. The second-order valence-electron chi connectivity index (χ2n) is 4.45. The molecule has 0 saturated carbocycles. The number of hydrogen-bond acceptors (Lipinski definition) is 3. The minimum atomic E-state index is 0.786. The predicted molar refractivity (Wildman–Crippen MR) is 74.8 cm³/mol. The summed E-state index contributed by atoms with van der Waals surface area (Å²) in [6.45, 7) is 1.69. The zero-order valence-electron chi connectivity index (χ0n) is 10.7. The molecule has 0 aliphatic carbocycles. The molecule has 19 heavy (non-hydrogen) atoms. The molecule has 0 atom stereocenters. The van der Waals surface area contributed by atoms with Gasteiger partial charge in [-0.05, 0) is 24.3 Å². The van der Waals surface area contributed by atoms with E-state index in [-0.39, 0.29) is 0 Å². The molecule has 0 spiro atoms. The first kappa shape index (κ1) is 11.9. The summed E-state index contributed by atoms with van der Waals surface area (Å²) in [6.07, 6.45) is 6.84. The van der Waals surface area contributed by atoms with Crippen LogP contribution in [0.15, 0.2) is 55.0 Å². The molecule has 96 valence electrons. The zero-order valence-corrected chi connectivity index (χ0v) is 10.7. The average Bonchev–Trinajstić information content (AvgIpc) is 2.87. The van der Waals surface area contributed by atoms with Gasteiger partial charge in [0, 0.05) is 43.8 Å². The molecule has 4 heteroatoms. The molecule has 0 aliphatic heterocycles. The Labute approximate surface area is 112 Å². The lowest BCUT2D eigenvalue weighted by Gasteiger charge is -2.01. The predicted octanol–water partition coefficient (Wildman–Crippen LogP) is 2.06. The minimum absolute atomic E-state index is 0.786. The first-order chi connectivity index (χ1) is 9.42. The topological polar surface area (TPSA) is 42.2 Å². The van der Waals surface area contributed by atoms with Gasteiger partial charge in [-0.15, -0.1) is 0 Å². The third-order valence-corrected chi connectivity index (χ3v) is 3.00. The molecule has 3 aromatic heterocycles. The molecule has 0 bridgehead atoms. The summed E-state index contributed by atoms with van der Waals surface area (Å²) in [5, 5.41) is 3.40. The maximum atomic E-state index is 4.54. The number of hydrogen-bond donors (Lipinski definition) is 1. The van der Waals surface area contributed by atoms with Crippen LogP contribution in [0.25, 0.3) is 5.65 Å². The number of nitrogens with zero attached hydrogens (tertiary/aromatic N) is 3. The molecule has 1 N–H and O–H groups in total. The SMILES string of the molecule is c1ccc(CCNCc2cn3ccccc3n2)nc1. The second-order valence-corrected chi connectivity index (χ2v) is 4.45. The normalized spacial score (nSPS) is 10.9. The molecule has 4 nitrogen and oxygen atoms in total. The van der Waals surface area contributed by atoms with E-state index in [4.69, 9.17) is 0 Å². The monoisotopic (exact) mass is 252 g/mol. The van der Waals surface area contributed by atoms with Crippen molar-refractivity contribution in [2.24, 2.45) is 0 Å². The first-order valence-electron chi connectivity index (χ1n) is 6.45. The van der Waals surface area contributed by atoms with Gasteiger partial charge in [0.15, 0.2) is 0 Å². The first-order valence-corrected chi connectivity index (χ1v) is 6.45. The van der Waals surface area contributed by atoms with Crippen LogP contribution in [0.2, 0.25) is 0 Å². The van der Waals surface area contributed by atoms with Gasteiger partial charge in [-0.2, -0.15) is 0 Å². The molecule has 0 fully saturated rings. The van der Waals surface area contributed by atoms with E-state index in [1.807, 2.05) is 53.2 Å². The molecule has 0 radical (unpaired) electrons. The number of imidazole rings is 1. The Balaban J connectivity index is 1.52. The van der Waals surface area contributed by atoms with Crippen molar-refractivity contribution >= 4 is 5.65 Å². The van der Waals surface area contributed by atoms with Crippen molar-refractivity contribution in [3.05, 3.63) is 66.4 Å².